The Morgan fingerprint density at radius 2 is 1.70 bits per heavy atom. The topological polar surface area (TPSA) is 151 Å². The number of carbonyl (C=O) groups is 4. The van der Waals surface area contributed by atoms with E-state index in [9.17, 15) is 19.2 Å². The van der Waals surface area contributed by atoms with Crippen LogP contribution in [-0.4, -0.2) is 54.0 Å². The highest BCUT2D eigenvalue weighted by Crippen LogP contribution is 1.86. The van der Waals surface area contributed by atoms with E-state index in [1.165, 1.54) is 13.8 Å². The Hall–Kier alpha value is -2.16. The van der Waals surface area contributed by atoms with E-state index >= 15 is 0 Å². The SMILES string of the molecule is C[C@H](N)C(=O)N[C@@H](C)C(=O)NCCC(=O)NCC(=O)O. The van der Waals surface area contributed by atoms with E-state index in [2.05, 4.69) is 16.0 Å². The van der Waals surface area contributed by atoms with Crippen molar-refractivity contribution in [1.82, 2.24) is 16.0 Å². The van der Waals surface area contributed by atoms with Gasteiger partial charge in [-0.2, -0.15) is 0 Å². The molecule has 0 rings (SSSR count). The van der Waals surface area contributed by atoms with E-state index in [-0.39, 0.29) is 13.0 Å². The maximum absolute atomic E-state index is 11.6. The van der Waals surface area contributed by atoms with E-state index in [4.69, 9.17) is 10.8 Å². The van der Waals surface area contributed by atoms with Crippen LogP contribution in [0.15, 0.2) is 0 Å². The number of aliphatic carboxylic acids is 1. The van der Waals surface area contributed by atoms with Gasteiger partial charge in [-0.25, -0.2) is 0 Å². The van der Waals surface area contributed by atoms with Gasteiger partial charge in [0.15, 0.2) is 0 Å². The summed E-state index contributed by atoms with van der Waals surface area (Å²) in [6.07, 6.45) is -0.0486. The van der Waals surface area contributed by atoms with Crippen LogP contribution < -0.4 is 21.7 Å². The molecule has 0 heterocycles. The molecule has 0 saturated heterocycles. The van der Waals surface area contributed by atoms with Crippen molar-refractivity contribution >= 4 is 23.7 Å². The smallest absolute Gasteiger partial charge is 0.322 e. The first-order valence-electron chi connectivity index (χ1n) is 6.06. The summed E-state index contributed by atoms with van der Waals surface area (Å²) < 4.78 is 0. The van der Waals surface area contributed by atoms with Crippen LogP contribution in [0.1, 0.15) is 20.3 Å². The van der Waals surface area contributed by atoms with Crippen molar-refractivity contribution in [2.75, 3.05) is 13.1 Å². The molecule has 9 nitrogen and oxygen atoms in total. The summed E-state index contributed by atoms with van der Waals surface area (Å²) in [5, 5.41) is 15.3. The van der Waals surface area contributed by atoms with Crippen molar-refractivity contribution in [3.8, 4) is 0 Å². The predicted molar refractivity (Wildman–Crippen MR) is 69.5 cm³/mol. The maximum atomic E-state index is 11.6. The second kappa shape index (κ2) is 8.86. The van der Waals surface area contributed by atoms with Crippen molar-refractivity contribution in [3.05, 3.63) is 0 Å². The zero-order valence-electron chi connectivity index (χ0n) is 11.4. The first kappa shape index (κ1) is 17.8. The van der Waals surface area contributed by atoms with Gasteiger partial charge in [0.2, 0.25) is 17.7 Å². The summed E-state index contributed by atoms with van der Waals surface area (Å²) in [7, 11) is 0. The van der Waals surface area contributed by atoms with Crippen molar-refractivity contribution < 1.29 is 24.3 Å². The highest BCUT2D eigenvalue weighted by atomic mass is 16.4. The molecule has 2 atom stereocenters. The number of hydrogen-bond donors (Lipinski definition) is 5. The van der Waals surface area contributed by atoms with Crippen molar-refractivity contribution in [2.24, 2.45) is 5.73 Å². The Labute approximate surface area is 116 Å². The molecule has 20 heavy (non-hydrogen) atoms. The molecule has 0 saturated carbocycles. The fourth-order valence-electron chi connectivity index (χ4n) is 1.13. The monoisotopic (exact) mass is 288 g/mol. The molecular formula is C11H20N4O5. The Kier molecular flexibility index (Phi) is 7.90. The van der Waals surface area contributed by atoms with Gasteiger partial charge in [-0.3, -0.25) is 19.2 Å². The summed E-state index contributed by atoms with van der Waals surface area (Å²) in [4.78, 5) is 44.2. The standard InChI is InChI=1S/C11H20N4O5/c1-6(12)10(19)15-7(2)11(20)13-4-3-8(16)14-5-9(17)18/h6-7H,3-5,12H2,1-2H3,(H,13,20)(H,14,16)(H,15,19)(H,17,18)/t6-,7-/m0/s1. The molecule has 0 unspecified atom stereocenters. The zero-order valence-corrected chi connectivity index (χ0v) is 11.4. The van der Waals surface area contributed by atoms with Gasteiger partial charge in [0, 0.05) is 13.0 Å². The fourth-order valence-corrected chi connectivity index (χ4v) is 1.13. The number of carboxylic acids is 1. The van der Waals surface area contributed by atoms with Crippen molar-refractivity contribution in [3.63, 3.8) is 0 Å². The van der Waals surface area contributed by atoms with Gasteiger partial charge in [0.05, 0.1) is 6.04 Å². The first-order valence-corrected chi connectivity index (χ1v) is 6.06. The van der Waals surface area contributed by atoms with Gasteiger partial charge < -0.3 is 26.8 Å². The van der Waals surface area contributed by atoms with Gasteiger partial charge >= 0.3 is 5.97 Å². The third-order valence-corrected chi connectivity index (χ3v) is 2.25. The molecule has 0 bridgehead atoms. The van der Waals surface area contributed by atoms with E-state index < -0.39 is 42.3 Å². The van der Waals surface area contributed by atoms with E-state index in [0.29, 0.717) is 0 Å². The fraction of sp³-hybridized carbons (Fsp3) is 0.636. The van der Waals surface area contributed by atoms with Gasteiger partial charge in [0.25, 0.3) is 0 Å². The van der Waals surface area contributed by atoms with Crippen LogP contribution in [0, 0.1) is 0 Å². The largest absolute Gasteiger partial charge is 0.480 e. The number of nitrogens with two attached hydrogens (primary N) is 1. The molecule has 0 aliphatic heterocycles. The lowest BCUT2D eigenvalue weighted by Gasteiger charge is -2.15. The van der Waals surface area contributed by atoms with Crippen LogP contribution in [0.2, 0.25) is 0 Å². The molecule has 114 valence electrons. The van der Waals surface area contributed by atoms with Crippen LogP contribution in [-0.2, 0) is 19.2 Å². The lowest BCUT2D eigenvalue weighted by Crippen LogP contribution is -2.49. The number of nitrogens with one attached hydrogen (secondary N) is 3. The maximum Gasteiger partial charge on any atom is 0.322 e. The molecule has 0 radical (unpaired) electrons. The van der Waals surface area contributed by atoms with Crippen LogP contribution in [0.25, 0.3) is 0 Å². The molecule has 9 heteroatoms. The first-order chi connectivity index (χ1) is 9.23. The minimum atomic E-state index is -1.14. The number of hydrogen-bond acceptors (Lipinski definition) is 5. The highest BCUT2D eigenvalue weighted by molar-refractivity contribution is 5.89. The van der Waals surface area contributed by atoms with Crippen LogP contribution in [0.3, 0.4) is 0 Å². The van der Waals surface area contributed by atoms with Gasteiger partial charge in [-0.1, -0.05) is 0 Å². The van der Waals surface area contributed by atoms with E-state index in [1.54, 1.807) is 0 Å². The van der Waals surface area contributed by atoms with Crippen molar-refractivity contribution in [1.29, 1.82) is 0 Å². The molecule has 0 aliphatic rings. The second-order valence-corrected chi connectivity index (χ2v) is 4.23. The molecule has 0 aliphatic carbocycles. The number of carbonyl (C=O) groups excluding carboxylic acids is 3. The van der Waals surface area contributed by atoms with Crippen molar-refractivity contribution in [2.45, 2.75) is 32.4 Å². The lowest BCUT2D eigenvalue weighted by molar-refractivity contribution is -0.138. The normalized spacial score (nSPS) is 12.9. The summed E-state index contributed by atoms with van der Waals surface area (Å²) >= 11 is 0. The van der Waals surface area contributed by atoms with Gasteiger partial charge in [-0.05, 0) is 13.8 Å². The average Bonchev–Trinajstić information content (AvgIpc) is 2.35. The third kappa shape index (κ3) is 8.03. The summed E-state index contributed by atoms with van der Waals surface area (Å²) in [6.45, 7) is 2.56. The van der Waals surface area contributed by atoms with Crippen LogP contribution in [0.5, 0.6) is 0 Å². The molecule has 0 aromatic heterocycles. The number of carboxylic acid groups (broad SMARTS) is 1. The third-order valence-electron chi connectivity index (χ3n) is 2.25. The summed E-state index contributed by atoms with van der Waals surface area (Å²) in [6, 6.07) is -1.48. The average molecular weight is 288 g/mol. The van der Waals surface area contributed by atoms with Gasteiger partial charge in [-0.15, -0.1) is 0 Å². The lowest BCUT2D eigenvalue weighted by atomic mass is 10.2. The molecule has 6 N–H and O–H groups in total. The molecule has 3 amide bonds. The number of amides is 3. The quantitative estimate of drug-likeness (QED) is 0.334. The zero-order chi connectivity index (χ0) is 15.7. The number of rotatable bonds is 8. The second-order valence-electron chi connectivity index (χ2n) is 4.23. The molecule has 0 aromatic rings. The van der Waals surface area contributed by atoms with Gasteiger partial charge in [0.1, 0.15) is 12.6 Å². The minimum Gasteiger partial charge on any atom is -0.480 e. The Bertz CT molecular complexity index is 383. The van der Waals surface area contributed by atoms with E-state index in [1.807, 2.05) is 0 Å². The molecule has 0 aromatic carbocycles. The minimum absolute atomic E-state index is 0.0443. The van der Waals surface area contributed by atoms with E-state index in [0.717, 1.165) is 0 Å². The predicted octanol–water partition coefficient (Wildman–Crippen LogP) is -2.45. The molecular weight excluding hydrogens is 268 g/mol. The van der Waals surface area contributed by atoms with Crippen LogP contribution >= 0.6 is 0 Å². The highest BCUT2D eigenvalue weighted by Gasteiger charge is 2.17. The Balaban J connectivity index is 3.90. The Morgan fingerprint density at radius 3 is 2.20 bits per heavy atom. The summed E-state index contributed by atoms with van der Waals surface area (Å²) in [5.41, 5.74) is 5.34. The Morgan fingerprint density at radius 1 is 1.10 bits per heavy atom. The molecule has 0 spiro atoms. The van der Waals surface area contributed by atoms with Crippen LogP contribution in [0.4, 0.5) is 0 Å². The molecule has 0 fully saturated rings. The summed E-state index contributed by atoms with van der Waals surface area (Å²) in [5.74, 6) is -2.54.